The van der Waals surface area contributed by atoms with Gasteiger partial charge in [0.1, 0.15) is 0 Å². The first-order chi connectivity index (χ1) is 11.0. The predicted octanol–water partition coefficient (Wildman–Crippen LogP) is 6.13. The molecule has 0 bridgehead atoms. The van der Waals surface area contributed by atoms with Gasteiger partial charge in [0.05, 0.1) is 6.10 Å². The zero-order valence-corrected chi connectivity index (χ0v) is 16.8. The number of methoxy groups -OCH3 is 2. The normalized spacial score (nSPS) is 14.9. The van der Waals surface area contributed by atoms with E-state index in [0.29, 0.717) is 6.10 Å². The molecule has 23 heavy (non-hydrogen) atoms. The minimum absolute atomic E-state index is 0.221. The van der Waals surface area contributed by atoms with Crippen LogP contribution in [0.3, 0.4) is 0 Å². The second-order valence-electron chi connectivity index (χ2n) is 6.44. The first-order valence-corrected chi connectivity index (χ1v) is 9.82. The second-order valence-corrected chi connectivity index (χ2v) is 6.97. The van der Waals surface area contributed by atoms with Crippen molar-refractivity contribution in [2.24, 2.45) is 5.92 Å². The van der Waals surface area contributed by atoms with Gasteiger partial charge >= 0.3 is 0 Å². The van der Waals surface area contributed by atoms with E-state index in [1.165, 1.54) is 38.5 Å². The topological polar surface area (TPSA) is 27.7 Å². The van der Waals surface area contributed by atoms with Crippen molar-refractivity contribution < 1.29 is 14.2 Å². The molecule has 0 aromatic rings. The number of hydrogen-bond acceptors (Lipinski definition) is 3. The van der Waals surface area contributed by atoms with E-state index in [1.807, 2.05) is 6.92 Å². The van der Waals surface area contributed by atoms with Gasteiger partial charge in [-0.05, 0) is 33.1 Å². The van der Waals surface area contributed by atoms with Crippen LogP contribution < -0.4 is 0 Å². The van der Waals surface area contributed by atoms with Crippen LogP contribution in [0.2, 0.25) is 0 Å². The molecule has 0 saturated carbocycles. The molecule has 4 heteroatoms. The molecule has 0 aromatic heterocycles. The van der Waals surface area contributed by atoms with E-state index in [-0.39, 0.29) is 5.92 Å². The third-order valence-electron chi connectivity index (χ3n) is 4.56. The fourth-order valence-corrected chi connectivity index (χ4v) is 3.31. The average molecular weight is 351 g/mol. The van der Waals surface area contributed by atoms with Gasteiger partial charge in [0, 0.05) is 26.7 Å². The summed E-state index contributed by atoms with van der Waals surface area (Å²) in [6.45, 7) is 7.19. The summed E-state index contributed by atoms with van der Waals surface area (Å²) < 4.78 is 16.5. The van der Waals surface area contributed by atoms with E-state index >= 15 is 0 Å². The molecular weight excluding hydrogens is 312 g/mol. The highest BCUT2D eigenvalue weighted by molar-refractivity contribution is 6.22. The molecule has 0 aliphatic carbocycles. The van der Waals surface area contributed by atoms with E-state index in [0.717, 1.165) is 32.3 Å². The van der Waals surface area contributed by atoms with Gasteiger partial charge < -0.3 is 14.2 Å². The van der Waals surface area contributed by atoms with Crippen molar-refractivity contribution in [2.75, 3.05) is 20.8 Å². The van der Waals surface area contributed by atoms with Gasteiger partial charge in [-0.3, -0.25) is 0 Å². The molecule has 0 aliphatic heterocycles. The molecule has 2 atom stereocenters. The maximum Gasteiger partial charge on any atom is 0.250 e. The molecule has 0 spiro atoms. The minimum atomic E-state index is -0.988. The third kappa shape index (κ3) is 10.6. The van der Waals surface area contributed by atoms with Crippen LogP contribution >= 0.6 is 11.6 Å². The smallest absolute Gasteiger partial charge is 0.250 e. The van der Waals surface area contributed by atoms with Crippen molar-refractivity contribution in [1.29, 1.82) is 0 Å². The number of unbranched alkanes of at least 4 members (excludes halogenated alkanes) is 5. The summed E-state index contributed by atoms with van der Waals surface area (Å²) in [4.78, 5) is 0. The van der Waals surface area contributed by atoms with E-state index in [1.54, 1.807) is 14.2 Å². The van der Waals surface area contributed by atoms with Crippen LogP contribution in [0.4, 0.5) is 0 Å². The van der Waals surface area contributed by atoms with Crippen molar-refractivity contribution in [2.45, 2.75) is 96.3 Å². The maximum absolute atomic E-state index is 6.54. The SMILES string of the molecule is CCCCCCCCC(CCCC(C)OCC)C(Cl)(OC)OC. The summed E-state index contributed by atoms with van der Waals surface area (Å²) in [6.07, 6.45) is 12.3. The molecule has 0 rings (SSSR count). The van der Waals surface area contributed by atoms with E-state index < -0.39 is 5.25 Å². The Kier molecular flexibility index (Phi) is 14.6. The largest absolute Gasteiger partial charge is 0.379 e. The lowest BCUT2D eigenvalue weighted by Gasteiger charge is -2.33. The molecule has 0 amide bonds. The number of rotatable bonds is 16. The highest BCUT2D eigenvalue weighted by Gasteiger charge is 2.36. The fraction of sp³-hybridized carbons (Fsp3) is 1.00. The van der Waals surface area contributed by atoms with E-state index in [9.17, 15) is 0 Å². The Morgan fingerprint density at radius 3 is 1.96 bits per heavy atom. The summed E-state index contributed by atoms with van der Waals surface area (Å²) in [7, 11) is 3.27. The highest BCUT2D eigenvalue weighted by Crippen LogP contribution is 2.35. The van der Waals surface area contributed by atoms with Gasteiger partial charge in [0.25, 0.3) is 5.25 Å². The molecular formula is C19H39ClO3. The van der Waals surface area contributed by atoms with Crippen LogP contribution in [-0.4, -0.2) is 32.2 Å². The summed E-state index contributed by atoms with van der Waals surface area (Å²) in [5, 5.41) is -0.988. The second kappa shape index (κ2) is 14.5. The highest BCUT2D eigenvalue weighted by atomic mass is 35.5. The quantitative estimate of drug-likeness (QED) is 0.190. The number of halogens is 1. The van der Waals surface area contributed by atoms with Gasteiger partial charge in [-0.1, -0.05) is 63.5 Å². The molecule has 0 N–H and O–H groups in total. The van der Waals surface area contributed by atoms with Gasteiger partial charge in [-0.15, -0.1) is 0 Å². The van der Waals surface area contributed by atoms with Crippen molar-refractivity contribution in [3.8, 4) is 0 Å². The van der Waals surface area contributed by atoms with Gasteiger partial charge in [0.15, 0.2) is 0 Å². The molecule has 0 heterocycles. The number of hydrogen-bond donors (Lipinski definition) is 0. The van der Waals surface area contributed by atoms with Crippen LogP contribution in [0.5, 0.6) is 0 Å². The first kappa shape index (κ1) is 23.2. The summed E-state index contributed by atoms with van der Waals surface area (Å²) in [5.74, 6) is 0.221. The van der Waals surface area contributed by atoms with Crippen LogP contribution in [0.15, 0.2) is 0 Å². The summed E-state index contributed by atoms with van der Waals surface area (Å²) in [6, 6.07) is 0. The third-order valence-corrected chi connectivity index (χ3v) is 5.18. The molecule has 0 radical (unpaired) electrons. The monoisotopic (exact) mass is 350 g/mol. The zero-order valence-electron chi connectivity index (χ0n) is 16.0. The van der Waals surface area contributed by atoms with Crippen LogP contribution in [0.25, 0.3) is 0 Å². The van der Waals surface area contributed by atoms with Crippen molar-refractivity contribution in [3.05, 3.63) is 0 Å². The number of alkyl halides is 1. The van der Waals surface area contributed by atoms with Crippen LogP contribution in [-0.2, 0) is 14.2 Å². The van der Waals surface area contributed by atoms with Crippen LogP contribution in [0, 0.1) is 5.92 Å². The molecule has 140 valence electrons. The standard InChI is InChI=1S/C19H39ClO3/c1-6-8-9-10-11-12-15-18(19(20,21-4)22-5)16-13-14-17(3)23-7-2/h17-18H,6-16H2,1-5H3. The van der Waals surface area contributed by atoms with Gasteiger partial charge in [-0.25, -0.2) is 0 Å². The predicted molar refractivity (Wildman–Crippen MR) is 99.0 cm³/mol. The Hall–Kier alpha value is 0.170. The van der Waals surface area contributed by atoms with Crippen molar-refractivity contribution >= 4 is 11.6 Å². The Morgan fingerprint density at radius 2 is 1.39 bits per heavy atom. The Balaban J connectivity index is 4.24. The van der Waals surface area contributed by atoms with Gasteiger partial charge in [0.2, 0.25) is 0 Å². The molecule has 2 unspecified atom stereocenters. The maximum atomic E-state index is 6.54. The molecule has 0 fully saturated rings. The summed E-state index contributed by atoms with van der Waals surface area (Å²) >= 11 is 6.54. The van der Waals surface area contributed by atoms with Crippen LogP contribution in [0.1, 0.15) is 85.0 Å². The lowest BCUT2D eigenvalue weighted by molar-refractivity contribution is -0.179. The molecule has 0 saturated heterocycles. The van der Waals surface area contributed by atoms with E-state index in [2.05, 4.69) is 13.8 Å². The minimum Gasteiger partial charge on any atom is -0.379 e. The van der Waals surface area contributed by atoms with Gasteiger partial charge in [-0.2, -0.15) is 0 Å². The number of ether oxygens (including phenoxy) is 3. The first-order valence-electron chi connectivity index (χ1n) is 9.44. The van der Waals surface area contributed by atoms with E-state index in [4.69, 9.17) is 25.8 Å². The lowest BCUT2D eigenvalue weighted by Crippen LogP contribution is -2.36. The Morgan fingerprint density at radius 1 is 0.826 bits per heavy atom. The average Bonchev–Trinajstić information content (AvgIpc) is 2.55. The Bertz CT molecular complexity index is 257. The summed E-state index contributed by atoms with van der Waals surface area (Å²) in [5.41, 5.74) is 0. The van der Waals surface area contributed by atoms with Crippen molar-refractivity contribution in [1.82, 2.24) is 0 Å². The fourth-order valence-electron chi connectivity index (χ4n) is 3.10. The lowest BCUT2D eigenvalue weighted by atomic mass is 9.93. The molecule has 0 aromatic carbocycles. The molecule has 0 aliphatic rings. The molecule has 3 nitrogen and oxygen atoms in total. The van der Waals surface area contributed by atoms with Crippen molar-refractivity contribution in [3.63, 3.8) is 0 Å². The Labute approximate surface area is 149 Å². The zero-order chi connectivity index (χ0) is 17.6.